The van der Waals surface area contributed by atoms with Crippen LogP contribution in [0.1, 0.15) is 18.4 Å². The van der Waals surface area contributed by atoms with Crippen molar-refractivity contribution in [3.8, 4) is 6.07 Å². The highest BCUT2D eigenvalue weighted by Gasteiger charge is 2.20. The molecule has 2 amide bonds. The van der Waals surface area contributed by atoms with Gasteiger partial charge in [0.25, 0.3) is 0 Å². The van der Waals surface area contributed by atoms with Gasteiger partial charge in [0.2, 0.25) is 11.8 Å². The van der Waals surface area contributed by atoms with Gasteiger partial charge in [0.05, 0.1) is 6.07 Å². The summed E-state index contributed by atoms with van der Waals surface area (Å²) in [6.07, 6.45) is 3.98. The highest BCUT2D eigenvalue weighted by molar-refractivity contribution is 9.10. The van der Waals surface area contributed by atoms with Crippen molar-refractivity contribution in [2.24, 2.45) is 0 Å². The standard InChI is InChI=1S/C17H18BrN3O2/c18-15-4-1-3-14(13-15)5-6-16(22)20-9-2-10-21(12-11-20)17(23)7-8-19/h1,3-6,13H,2,7,9-12H2/b6-5+. The first kappa shape index (κ1) is 17.2. The summed E-state index contributed by atoms with van der Waals surface area (Å²) in [5.74, 6) is -0.217. The van der Waals surface area contributed by atoms with Crippen molar-refractivity contribution in [2.75, 3.05) is 26.2 Å². The van der Waals surface area contributed by atoms with Crippen molar-refractivity contribution < 1.29 is 9.59 Å². The molecule has 0 saturated carbocycles. The van der Waals surface area contributed by atoms with Gasteiger partial charge in [-0.3, -0.25) is 9.59 Å². The van der Waals surface area contributed by atoms with Crippen molar-refractivity contribution >= 4 is 33.8 Å². The van der Waals surface area contributed by atoms with Gasteiger partial charge < -0.3 is 9.80 Å². The van der Waals surface area contributed by atoms with Crippen molar-refractivity contribution in [3.63, 3.8) is 0 Å². The van der Waals surface area contributed by atoms with E-state index >= 15 is 0 Å². The Morgan fingerprint density at radius 3 is 2.70 bits per heavy atom. The van der Waals surface area contributed by atoms with E-state index in [1.807, 2.05) is 30.3 Å². The van der Waals surface area contributed by atoms with E-state index in [9.17, 15) is 9.59 Å². The molecular formula is C17H18BrN3O2. The zero-order chi connectivity index (χ0) is 16.7. The monoisotopic (exact) mass is 375 g/mol. The molecule has 1 aliphatic rings. The van der Waals surface area contributed by atoms with Crippen LogP contribution in [0.5, 0.6) is 0 Å². The number of nitrogens with zero attached hydrogens (tertiary/aromatic N) is 3. The lowest BCUT2D eigenvalue weighted by Gasteiger charge is -2.20. The van der Waals surface area contributed by atoms with Gasteiger partial charge in [-0.15, -0.1) is 0 Å². The lowest BCUT2D eigenvalue weighted by atomic mass is 10.2. The van der Waals surface area contributed by atoms with Crippen LogP contribution in [-0.2, 0) is 9.59 Å². The molecule has 0 aromatic heterocycles. The zero-order valence-corrected chi connectivity index (χ0v) is 14.3. The molecule has 0 aliphatic carbocycles. The van der Waals surface area contributed by atoms with Crippen molar-refractivity contribution in [3.05, 3.63) is 40.4 Å². The van der Waals surface area contributed by atoms with Gasteiger partial charge in [0.1, 0.15) is 6.42 Å². The Balaban J connectivity index is 1.93. The van der Waals surface area contributed by atoms with Crippen LogP contribution in [0.2, 0.25) is 0 Å². The number of carbonyl (C=O) groups excluding carboxylic acids is 2. The molecule has 1 saturated heterocycles. The summed E-state index contributed by atoms with van der Waals surface area (Å²) >= 11 is 3.40. The molecule has 0 N–H and O–H groups in total. The maximum Gasteiger partial charge on any atom is 0.246 e. The van der Waals surface area contributed by atoms with Crippen LogP contribution in [0, 0.1) is 11.3 Å². The summed E-state index contributed by atoms with van der Waals surface area (Å²) in [6, 6.07) is 9.59. The molecule has 2 rings (SSSR count). The summed E-state index contributed by atoms with van der Waals surface area (Å²) in [6.45, 7) is 2.20. The van der Waals surface area contributed by atoms with Crippen molar-refractivity contribution in [1.82, 2.24) is 9.80 Å². The third kappa shape index (κ3) is 5.22. The van der Waals surface area contributed by atoms with E-state index in [-0.39, 0.29) is 18.2 Å². The highest BCUT2D eigenvalue weighted by atomic mass is 79.9. The topological polar surface area (TPSA) is 64.4 Å². The number of carbonyl (C=O) groups is 2. The van der Waals surface area contributed by atoms with Crippen LogP contribution in [0.15, 0.2) is 34.8 Å². The van der Waals surface area contributed by atoms with Gasteiger partial charge in [0.15, 0.2) is 0 Å². The molecule has 0 atom stereocenters. The predicted molar refractivity (Wildman–Crippen MR) is 91.2 cm³/mol. The lowest BCUT2D eigenvalue weighted by molar-refractivity contribution is -0.131. The summed E-state index contributed by atoms with van der Waals surface area (Å²) in [4.78, 5) is 27.4. The Hall–Kier alpha value is -2.13. The van der Waals surface area contributed by atoms with Crippen LogP contribution in [-0.4, -0.2) is 47.8 Å². The van der Waals surface area contributed by atoms with E-state index < -0.39 is 0 Å². The minimum absolute atomic E-state index is 0.0560. The second-order valence-corrected chi connectivity index (χ2v) is 6.20. The third-order valence-corrected chi connectivity index (χ3v) is 4.15. The maximum atomic E-state index is 12.3. The lowest BCUT2D eigenvalue weighted by Crippen LogP contribution is -2.36. The molecular weight excluding hydrogens is 358 g/mol. The van der Waals surface area contributed by atoms with E-state index in [1.165, 1.54) is 0 Å². The quantitative estimate of drug-likeness (QED) is 0.762. The number of amides is 2. The average molecular weight is 376 g/mol. The maximum absolute atomic E-state index is 12.3. The van der Waals surface area contributed by atoms with Gasteiger partial charge in [0, 0.05) is 36.7 Å². The van der Waals surface area contributed by atoms with Gasteiger partial charge in [-0.05, 0) is 30.2 Å². The second kappa shape index (κ2) is 8.49. The Morgan fingerprint density at radius 1 is 1.22 bits per heavy atom. The Bertz CT molecular complexity index is 651. The first-order valence-corrected chi connectivity index (χ1v) is 8.27. The smallest absolute Gasteiger partial charge is 0.246 e. The summed E-state index contributed by atoms with van der Waals surface area (Å²) < 4.78 is 0.966. The normalized spacial score (nSPS) is 15.3. The molecule has 1 fully saturated rings. The molecule has 0 unspecified atom stereocenters. The van der Waals surface area contributed by atoms with E-state index in [0.717, 1.165) is 16.5 Å². The molecule has 120 valence electrons. The van der Waals surface area contributed by atoms with E-state index in [0.29, 0.717) is 26.2 Å². The number of benzene rings is 1. The molecule has 1 heterocycles. The molecule has 5 nitrogen and oxygen atoms in total. The molecule has 0 spiro atoms. The van der Waals surface area contributed by atoms with Crippen molar-refractivity contribution in [1.29, 1.82) is 5.26 Å². The SMILES string of the molecule is N#CCC(=O)N1CCCN(C(=O)/C=C/c2cccc(Br)c2)CC1. The van der Waals surface area contributed by atoms with Gasteiger partial charge in [-0.1, -0.05) is 28.1 Å². The largest absolute Gasteiger partial charge is 0.340 e. The van der Waals surface area contributed by atoms with Crippen molar-refractivity contribution in [2.45, 2.75) is 12.8 Å². The third-order valence-electron chi connectivity index (χ3n) is 3.66. The molecule has 23 heavy (non-hydrogen) atoms. The van der Waals surface area contributed by atoms with Crippen LogP contribution < -0.4 is 0 Å². The number of hydrogen-bond acceptors (Lipinski definition) is 3. The average Bonchev–Trinajstić information content (AvgIpc) is 2.79. The molecule has 0 radical (unpaired) electrons. The second-order valence-electron chi connectivity index (χ2n) is 5.28. The number of hydrogen-bond donors (Lipinski definition) is 0. The van der Waals surface area contributed by atoms with Crippen LogP contribution in [0.25, 0.3) is 6.08 Å². The van der Waals surface area contributed by atoms with Gasteiger partial charge >= 0.3 is 0 Å². The van der Waals surface area contributed by atoms with E-state index in [1.54, 1.807) is 22.0 Å². The van der Waals surface area contributed by atoms with Crippen LogP contribution >= 0.6 is 15.9 Å². The predicted octanol–water partition coefficient (Wildman–Crippen LogP) is 2.44. The number of halogens is 1. The zero-order valence-electron chi connectivity index (χ0n) is 12.7. The Kier molecular flexibility index (Phi) is 6.36. The van der Waals surface area contributed by atoms with Gasteiger partial charge in [-0.25, -0.2) is 0 Å². The number of nitriles is 1. The fourth-order valence-electron chi connectivity index (χ4n) is 2.45. The summed E-state index contributed by atoms with van der Waals surface area (Å²) in [7, 11) is 0. The fraction of sp³-hybridized carbons (Fsp3) is 0.353. The number of rotatable bonds is 3. The Labute approximate surface area is 144 Å². The molecule has 0 bridgehead atoms. The molecule has 1 aliphatic heterocycles. The molecule has 6 heteroatoms. The first-order valence-electron chi connectivity index (χ1n) is 7.47. The van der Waals surface area contributed by atoms with E-state index in [2.05, 4.69) is 15.9 Å². The summed E-state index contributed by atoms with van der Waals surface area (Å²) in [5.41, 5.74) is 0.952. The van der Waals surface area contributed by atoms with Crippen LogP contribution in [0.4, 0.5) is 0 Å². The summed E-state index contributed by atoms with van der Waals surface area (Å²) in [5, 5.41) is 8.60. The highest BCUT2D eigenvalue weighted by Crippen LogP contribution is 2.13. The Morgan fingerprint density at radius 2 is 1.96 bits per heavy atom. The molecule has 1 aromatic rings. The minimum Gasteiger partial charge on any atom is -0.340 e. The first-order chi connectivity index (χ1) is 11.1. The molecule has 1 aromatic carbocycles. The minimum atomic E-state index is -0.161. The van der Waals surface area contributed by atoms with E-state index in [4.69, 9.17) is 5.26 Å². The fourth-order valence-corrected chi connectivity index (χ4v) is 2.87. The van der Waals surface area contributed by atoms with Gasteiger partial charge in [-0.2, -0.15) is 5.26 Å². The van der Waals surface area contributed by atoms with Crippen LogP contribution in [0.3, 0.4) is 0 Å².